The first kappa shape index (κ1) is 17.1. The Balaban J connectivity index is 1.74. The Hall–Kier alpha value is -1.26. The molecule has 2 rings (SSSR count). The summed E-state index contributed by atoms with van der Waals surface area (Å²) >= 11 is 5.20. The van der Waals surface area contributed by atoms with E-state index in [-0.39, 0.29) is 4.90 Å². The normalized spacial score (nSPS) is 16.2. The maximum Gasteiger partial charge on any atom is 0.238 e. The van der Waals surface area contributed by atoms with E-state index in [2.05, 4.69) is 15.5 Å². The molecule has 22 heavy (non-hydrogen) atoms. The van der Waals surface area contributed by atoms with Crippen molar-refractivity contribution in [2.45, 2.75) is 4.90 Å². The fraction of sp³-hybridized carbons (Fsp3) is 0.462. The number of anilines is 1. The molecule has 7 nitrogen and oxygen atoms in total. The maximum atomic E-state index is 11.2. The lowest BCUT2D eigenvalue weighted by atomic mass is 10.3. The van der Waals surface area contributed by atoms with Crippen molar-refractivity contribution in [2.24, 2.45) is 5.14 Å². The Morgan fingerprint density at radius 1 is 1.27 bits per heavy atom. The molecule has 1 aromatic rings. The van der Waals surface area contributed by atoms with Crippen LogP contribution in [0, 0.1) is 0 Å². The third-order valence-corrected chi connectivity index (χ3v) is 4.43. The molecule has 0 bridgehead atoms. The second kappa shape index (κ2) is 7.84. The zero-order chi connectivity index (χ0) is 16.0. The second-order valence-corrected chi connectivity index (χ2v) is 6.87. The SMILES string of the molecule is NS(=O)(=O)c1ccc(NC(=S)NCCN2CCOCC2)cc1. The molecule has 1 saturated heterocycles. The predicted octanol–water partition coefficient (Wildman–Crippen LogP) is -0.0474. The Morgan fingerprint density at radius 3 is 2.50 bits per heavy atom. The Kier molecular flexibility index (Phi) is 6.09. The van der Waals surface area contributed by atoms with Gasteiger partial charge in [-0.3, -0.25) is 4.90 Å². The Morgan fingerprint density at radius 2 is 1.91 bits per heavy atom. The van der Waals surface area contributed by atoms with Crippen LogP contribution >= 0.6 is 12.2 Å². The smallest absolute Gasteiger partial charge is 0.238 e. The summed E-state index contributed by atoms with van der Waals surface area (Å²) in [4.78, 5) is 2.38. The molecular formula is C13H20N4O3S2. The van der Waals surface area contributed by atoms with E-state index >= 15 is 0 Å². The van der Waals surface area contributed by atoms with Crippen molar-refractivity contribution in [1.82, 2.24) is 10.2 Å². The number of morpholine rings is 1. The van der Waals surface area contributed by atoms with Crippen molar-refractivity contribution in [3.05, 3.63) is 24.3 Å². The molecule has 1 aliphatic rings. The third-order valence-electron chi connectivity index (χ3n) is 3.26. The second-order valence-electron chi connectivity index (χ2n) is 4.90. The summed E-state index contributed by atoms with van der Waals surface area (Å²) in [5.41, 5.74) is 0.705. The highest BCUT2D eigenvalue weighted by Gasteiger charge is 2.10. The van der Waals surface area contributed by atoms with Crippen LogP contribution in [-0.2, 0) is 14.8 Å². The van der Waals surface area contributed by atoms with Gasteiger partial charge in [0.15, 0.2) is 5.11 Å². The molecular weight excluding hydrogens is 324 g/mol. The highest BCUT2D eigenvalue weighted by atomic mass is 32.2. The molecule has 9 heteroatoms. The maximum absolute atomic E-state index is 11.2. The summed E-state index contributed by atoms with van der Waals surface area (Å²) in [6.07, 6.45) is 0. The highest BCUT2D eigenvalue weighted by molar-refractivity contribution is 7.89. The van der Waals surface area contributed by atoms with Crippen molar-refractivity contribution in [1.29, 1.82) is 0 Å². The summed E-state index contributed by atoms with van der Waals surface area (Å²) < 4.78 is 27.6. The van der Waals surface area contributed by atoms with E-state index in [1.165, 1.54) is 12.1 Å². The predicted molar refractivity (Wildman–Crippen MR) is 89.3 cm³/mol. The zero-order valence-corrected chi connectivity index (χ0v) is 13.8. The summed E-state index contributed by atoms with van der Waals surface area (Å²) in [6.45, 7) is 5.07. The minimum atomic E-state index is -3.67. The standard InChI is InChI=1S/C13H20N4O3S2/c14-22(18,19)12-3-1-11(2-4-12)16-13(21)15-5-6-17-7-9-20-10-8-17/h1-4H,5-10H2,(H2,14,18,19)(H2,15,16,21). The fourth-order valence-corrected chi connectivity index (χ4v) is 2.79. The molecule has 4 N–H and O–H groups in total. The van der Waals surface area contributed by atoms with E-state index in [0.29, 0.717) is 10.8 Å². The van der Waals surface area contributed by atoms with Crippen molar-refractivity contribution < 1.29 is 13.2 Å². The first-order chi connectivity index (χ1) is 10.4. The fourth-order valence-electron chi connectivity index (χ4n) is 2.06. The van der Waals surface area contributed by atoms with Crippen LogP contribution in [0.4, 0.5) is 5.69 Å². The van der Waals surface area contributed by atoms with E-state index in [0.717, 1.165) is 39.4 Å². The number of nitrogens with two attached hydrogens (primary N) is 1. The summed E-state index contributed by atoms with van der Waals surface area (Å²) in [5.74, 6) is 0. The topological polar surface area (TPSA) is 96.7 Å². The van der Waals surface area contributed by atoms with Crippen molar-refractivity contribution in [3.8, 4) is 0 Å². The van der Waals surface area contributed by atoms with Gasteiger partial charge in [-0.15, -0.1) is 0 Å². The van der Waals surface area contributed by atoms with E-state index in [1.807, 2.05) is 0 Å². The van der Waals surface area contributed by atoms with Crippen LogP contribution in [0.3, 0.4) is 0 Å². The van der Waals surface area contributed by atoms with Gasteiger partial charge in [-0.25, -0.2) is 13.6 Å². The first-order valence-corrected chi connectivity index (χ1v) is 8.88. The molecule has 0 radical (unpaired) electrons. The van der Waals surface area contributed by atoms with Gasteiger partial charge in [-0.2, -0.15) is 0 Å². The molecule has 0 aliphatic carbocycles. The third kappa shape index (κ3) is 5.50. The average Bonchev–Trinajstić information content (AvgIpc) is 2.48. The van der Waals surface area contributed by atoms with E-state index < -0.39 is 10.0 Å². The molecule has 1 fully saturated rings. The van der Waals surface area contributed by atoms with Gasteiger partial charge in [0.1, 0.15) is 0 Å². The van der Waals surface area contributed by atoms with Crippen LogP contribution in [0.15, 0.2) is 29.2 Å². The molecule has 0 spiro atoms. The lowest BCUT2D eigenvalue weighted by Gasteiger charge is -2.26. The summed E-state index contributed by atoms with van der Waals surface area (Å²) in [7, 11) is -3.67. The summed E-state index contributed by atoms with van der Waals surface area (Å²) in [5, 5.41) is 11.7. The number of nitrogens with one attached hydrogen (secondary N) is 2. The quantitative estimate of drug-likeness (QED) is 0.645. The Labute approximate surface area is 135 Å². The van der Waals surface area contributed by atoms with Crippen LogP contribution in [0.1, 0.15) is 0 Å². The van der Waals surface area contributed by atoms with Gasteiger partial charge in [0.25, 0.3) is 0 Å². The lowest BCUT2D eigenvalue weighted by Crippen LogP contribution is -2.42. The molecule has 0 amide bonds. The molecule has 1 aromatic carbocycles. The number of hydrogen-bond donors (Lipinski definition) is 3. The average molecular weight is 344 g/mol. The number of sulfonamides is 1. The molecule has 1 aliphatic heterocycles. The Bertz CT molecular complexity index is 598. The van der Waals surface area contributed by atoms with Crippen LogP contribution in [-0.4, -0.2) is 57.8 Å². The van der Waals surface area contributed by atoms with Gasteiger partial charge < -0.3 is 15.4 Å². The van der Waals surface area contributed by atoms with Crippen molar-refractivity contribution in [3.63, 3.8) is 0 Å². The molecule has 0 unspecified atom stereocenters. The van der Waals surface area contributed by atoms with Gasteiger partial charge in [0.2, 0.25) is 10.0 Å². The monoisotopic (exact) mass is 344 g/mol. The lowest BCUT2D eigenvalue weighted by molar-refractivity contribution is 0.0389. The van der Waals surface area contributed by atoms with E-state index in [9.17, 15) is 8.42 Å². The first-order valence-electron chi connectivity index (χ1n) is 6.93. The van der Waals surface area contributed by atoms with E-state index in [4.69, 9.17) is 22.1 Å². The minimum Gasteiger partial charge on any atom is -0.379 e. The van der Waals surface area contributed by atoms with Gasteiger partial charge in [-0.1, -0.05) is 0 Å². The number of benzene rings is 1. The van der Waals surface area contributed by atoms with Crippen LogP contribution in [0.5, 0.6) is 0 Å². The number of nitrogens with zero attached hydrogens (tertiary/aromatic N) is 1. The number of primary sulfonamides is 1. The molecule has 0 aromatic heterocycles. The largest absolute Gasteiger partial charge is 0.379 e. The molecule has 0 saturated carbocycles. The number of thiocarbonyl (C=S) groups is 1. The molecule has 122 valence electrons. The van der Waals surface area contributed by atoms with Gasteiger partial charge in [0.05, 0.1) is 18.1 Å². The minimum absolute atomic E-state index is 0.0734. The molecule has 1 heterocycles. The van der Waals surface area contributed by atoms with Crippen molar-refractivity contribution in [2.75, 3.05) is 44.7 Å². The summed E-state index contributed by atoms with van der Waals surface area (Å²) in [6, 6.07) is 6.12. The molecule has 0 atom stereocenters. The van der Waals surface area contributed by atoms with Crippen LogP contribution < -0.4 is 15.8 Å². The van der Waals surface area contributed by atoms with Gasteiger partial charge >= 0.3 is 0 Å². The highest BCUT2D eigenvalue weighted by Crippen LogP contribution is 2.12. The van der Waals surface area contributed by atoms with E-state index in [1.54, 1.807) is 12.1 Å². The van der Waals surface area contributed by atoms with Crippen LogP contribution in [0.2, 0.25) is 0 Å². The number of rotatable bonds is 5. The van der Waals surface area contributed by atoms with Crippen LogP contribution in [0.25, 0.3) is 0 Å². The van der Waals surface area contributed by atoms with Gasteiger partial charge in [-0.05, 0) is 36.5 Å². The van der Waals surface area contributed by atoms with Gasteiger partial charge in [0, 0.05) is 31.9 Å². The number of hydrogen-bond acceptors (Lipinski definition) is 5. The van der Waals surface area contributed by atoms with Crippen molar-refractivity contribution >= 4 is 33.0 Å². The number of ether oxygens (including phenoxy) is 1. The zero-order valence-electron chi connectivity index (χ0n) is 12.1.